The summed E-state index contributed by atoms with van der Waals surface area (Å²) < 4.78 is 0. The molecule has 2 saturated carbocycles. The minimum absolute atomic E-state index is 0.462. The maximum absolute atomic E-state index is 4.31. The van der Waals surface area contributed by atoms with Gasteiger partial charge in [0.2, 0.25) is 0 Å². The number of rotatable bonds is 0. The lowest BCUT2D eigenvalue weighted by Crippen LogP contribution is -2.40. The molecule has 1 aliphatic heterocycles. The Bertz CT molecular complexity index is 317. The van der Waals surface area contributed by atoms with Crippen LogP contribution >= 0.6 is 11.8 Å². The minimum Gasteiger partial charge on any atom is -0.130 e. The van der Waals surface area contributed by atoms with Crippen LogP contribution in [0.5, 0.6) is 0 Å². The summed E-state index contributed by atoms with van der Waals surface area (Å²) in [5.41, 5.74) is 1.62. The molecule has 2 aliphatic carbocycles. The molecule has 0 aromatic rings. The third-order valence-electron chi connectivity index (χ3n) is 5.99. The first-order valence-corrected chi connectivity index (χ1v) is 6.75. The first-order chi connectivity index (χ1) is 6.44. The van der Waals surface area contributed by atoms with E-state index in [9.17, 15) is 0 Å². The van der Waals surface area contributed by atoms with Gasteiger partial charge in [0.25, 0.3) is 0 Å². The Morgan fingerprint density at radius 3 is 2.64 bits per heavy atom. The van der Waals surface area contributed by atoms with Crippen LogP contribution in [0.25, 0.3) is 0 Å². The summed E-state index contributed by atoms with van der Waals surface area (Å²) in [5, 5.41) is 0. The van der Waals surface area contributed by atoms with Gasteiger partial charge in [0, 0.05) is 11.2 Å². The molecule has 1 saturated heterocycles. The van der Waals surface area contributed by atoms with Gasteiger partial charge in [-0.1, -0.05) is 27.4 Å². The van der Waals surface area contributed by atoms with Crippen LogP contribution in [0.3, 0.4) is 0 Å². The molecule has 3 rings (SSSR count). The third kappa shape index (κ3) is 0.671. The molecule has 1 heteroatoms. The van der Waals surface area contributed by atoms with Crippen LogP contribution in [0, 0.1) is 22.2 Å². The lowest BCUT2D eigenvalue weighted by molar-refractivity contribution is 0.0771. The highest BCUT2D eigenvalue weighted by Gasteiger charge is 2.71. The Labute approximate surface area is 91.5 Å². The fourth-order valence-corrected chi connectivity index (χ4v) is 6.55. The zero-order valence-electron chi connectivity index (χ0n) is 9.52. The normalized spacial score (nSPS) is 53.9. The topological polar surface area (TPSA) is 0 Å². The molecule has 1 heterocycles. The van der Waals surface area contributed by atoms with Crippen molar-refractivity contribution in [2.75, 3.05) is 5.75 Å². The maximum atomic E-state index is 4.31. The van der Waals surface area contributed by atoms with Crippen LogP contribution in [0.1, 0.15) is 40.0 Å². The second-order valence-corrected chi connectivity index (χ2v) is 7.36. The van der Waals surface area contributed by atoms with Crippen LogP contribution in [0.4, 0.5) is 0 Å². The molecule has 14 heavy (non-hydrogen) atoms. The summed E-state index contributed by atoms with van der Waals surface area (Å²) in [6.07, 6.45) is 4.33. The average Bonchev–Trinajstić information content (AvgIpc) is 2.58. The summed E-state index contributed by atoms with van der Waals surface area (Å²) in [6, 6.07) is 0. The SMILES string of the molecule is C=C1SCC23CCC(CC12C)C3(C)C. The quantitative estimate of drug-likeness (QED) is 0.578. The highest BCUT2D eigenvalue weighted by molar-refractivity contribution is 8.03. The fraction of sp³-hybridized carbons (Fsp3) is 0.846. The molecule has 0 radical (unpaired) electrons. The largest absolute Gasteiger partial charge is 0.130 e. The van der Waals surface area contributed by atoms with Crippen LogP contribution < -0.4 is 0 Å². The zero-order chi connectivity index (χ0) is 10.2. The number of hydrogen-bond donors (Lipinski definition) is 0. The van der Waals surface area contributed by atoms with Gasteiger partial charge in [-0.05, 0) is 40.9 Å². The van der Waals surface area contributed by atoms with E-state index in [1.807, 2.05) is 11.8 Å². The van der Waals surface area contributed by atoms with E-state index >= 15 is 0 Å². The molecular formula is C13H20S. The first kappa shape index (κ1) is 9.33. The van der Waals surface area contributed by atoms with E-state index < -0.39 is 0 Å². The van der Waals surface area contributed by atoms with Crippen LogP contribution in [0.2, 0.25) is 0 Å². The maximum Gasteiger partial charge on any atom is 0.00510 e. The van der Waals surface area contributed by atoms with E-state index in [2.05, 4.69) is 27.4 Å². The molecule has 1 spiro atoms. The van der Waals surface area contributed by atoms with Crippen LogP contribution in [-0.4, -0.2) is 5.75 Å². The van der Waals surface area contributed by atoms with Gasteiger partial charge in [0.05, 0.1) is 0 Å². The van der Waals surface area contributed by atoms with Crippen molar-refractivity contribution in [2.24, 2.45) is 22.2 Å². The number of hydrogen-bond acceptors (Lipinski definition) is 1. The smallest absolute Gasteiger partial charge is 0.00510 e. The second-order valence-electron chi connectivity index (χ2n) is 6.29. The van der Waals surface area contributed by atoms with Crippen molar-refractivity contribution in [3.63, 3.8) is 0 Å². The average molecular weight is 208 g/mol. The molecule has 3 aliphatic rings. The van der Waals surface area contributed by atoms with E-state index in [0.29, 0.717) is 16.2 Å². The van der Waals surface area contributed by atoms with Gasteiger partial charge in [0.15, 0.2) is 0 Å². The predicted octanol–water partition coefficient (Wildman–Crippen LogP) is 4.08. The second kappa shape index (κ2) is 2.26. The Balaban J connectivity index is 2.19. The summed E-state index contributed by atoms with van der Waals surface area (Å²) in [5.74, 6) is 2.30. The molecule has 0 amide bonds. The minimum atomic E-state index is 0.462. The van der Waals surface area contributed by atoms with E-state index in [4.69, 9.17) is 0 Å². The third-order valence-corrected chi connectivity index (χ3v) is 7.43. The van der Waals surface area contributed by atoms with Crippen LogP contribution in [0.15, 0.2) is 11.5 Å². The van der Waals surface area contributed by atoms with Gasteiger partial charge in [0.1, 0.15) is 0 Å². The molecule has 0 N–H and O–H groups in total. The summed E-state index contributed by atoms with van der Waals surface area (Å²) in [4.78, 5) is 1.48. The molecule has 3 fully saturated rings. The number of fused-ring (bicyclic) bond motifs is 1. The predicted molar refractivity (Wildman–Crippen MR) is 63.3 cm³/mol. The molecule has 0 nitrogen and oxygen atoms in total. The van der Waals surface area contributed by atoms with Gasteiger partial charge in [-0.15, -0.1) is 11.8 Å². The summed E-state index contributed by atoms with van der Waals surface area (Å²) >= 11 is 2.05. The Kier molecular flexibility index (Phi) is 1.51. The Morgan fingerprint density at radius 1 is 1.36 bits per heavy atom. The molecule has 0 aromatic carbocycles. The van der Waals surface area contributed by atoms with Crippen molar-refractivity contribution in [1.82, 2.24) is 0 Å². The standard InChI is InChI=1S/C13H20S/c1-9-12(4)7-10-5-6-13(12,8-14-9)11(10,2)3/h10H,1,5-8H2,2-4H3. The van der Waals surface area contributed by atoms with E-state index in [0.717, 1.165) is 5.92 Å². The van der Waals surface area contributed by atoms with Gasteiger partial charge < -0.3 is 0 Å². The molecule has 78 valence electrons. The van der Waals surface area contributed by atoms with Gasteiger partial charge >= 0.3 is 0 Å². The Hall–Kier alpha value is 0.0900. The Morgan fingerprint density at radius 2 is 2.07 bits per heavy atom. The van der Waals surface area contributed by atoms with Crippen molar-refractivity contribution >= 4 is 11.8 Å². The lowest BCUT2D eigenvalue weighted by atomic mass is 9.59. The molecule has 0 aromatic heterocycles. The van der Waals surface area contributed by atoms with Crippen LogP contribution in [-0.2, 0) is 0 Å². The first-order valence-electron chi connectivity index (χ1n) is 5.76. The highest BCUT2D eigenvalue weighted by Crippen LogP contribution is 2.80. The fourth-order valence-electron chi connectivity index (χ4n) is 4.69. The number of allylic oxidation sites excluding steroid dienone is 1. The van der Waals surface area contributed by atoms with E-state index in [1.165, 1.54) is 29.9 Å². The van der Waals surface area contributed by atoms with Crippen molar-refractivity contribution in [1.29, 1.82) is 0 Å². The lowest BCUT2D eigenvalue weighted by Gasteiger charge is -2.43. The number of thioether (sulfide) groups is 1. The van der Waals surface area contributed by atoms with E-state index in [1.54, 1.807) is 0 Å². The molecular weight excluding hydrogens is 188 g/mol. The van der Waals surface area contributed by atoms with Crippen molar-refractivity contribution in [3.05, 3.63) is 11.5 Å². The highest BCUT2D eigenvalue weighted by atomic mass is 32.2. The monoisotopic (exact) mass is 208 g/mol. The van der Waals surface area contributed by atoms with E-state index in [-0.39, 0.29) is 0 Å². The summed E-state index contributed by atoms with van der Waals surface area (Å²) in [6.45, 7) is 11.8. The van der Waals surface area contributed by atoms with Crippen molar-refractivity contribution in [2.45, 2.75) is 40.0 Å². The molecule has 3 atom stereocenters. The molecule has 2 bridgehead atoms. The van der Waals surface area contributed by atoms with Crippen molar-refractivity contribution in [3.8, 4) is 0 Å². The van der Waals surface area contributed by atoms with Crippen molar-refractivity contribution < 1.29 is 0 Å². The van der Waals surface area contributed by atoms with Gasteiger partial charge in [-0.3, -0.25) is 0 Å². The molecule has 3 unspecified atom stereocenters. The summed E-state index contributed by atoms with van der Waals surface area (Å²) in [7, 11) is 0. The van der Waals surface area contributed by atoms with Gasteiger partial charge in [-0.2, -0.15) is 0 Å². The van der Waals surface area contributed by atoms with Gasteiger partial charge in [-0.25, -0.2) is 0 Å². The zero-order valence-corrected chi connectivity index (χ0v) is 10.3.